The Kier molecular flexibility index (Phi) is 6.89. The van der Waals surface area contributed by atoms with Crippen molar-refractivity contribution in [1.29, 1.82) is 0 Å². The van der Waals surface area contributed by atoms with Crippen molar-refractivity contribution in [3.63, 3.8) is 0 Å². The molecule has 8 nitrogen and oxygen atoms in total. The van der Waals surface area contributed by atoms with Gasteiger partial charge in [-0.05, 0) is 12.1 Å². The molecule has 14 heteroatoms. The topological polar surface area (TPSA) is 74.5 Å². The van der Waals surface area contributed by atoms with Gasteiger partial charge in [-0.25, -0.2) is 4.98 Å². The van der Waals surface area contributed by atoms with E-state index in [0.717, 1.165) is 4.40 Å². The number of rotatable bonds is 4. The van der Waals surface area contributed by atoms with Crippen LogP contribution in [-0.4, -0.2) is 70.3 Å². The summed E-state index contributed by atoms with van der Waals surface area (Å²) in [6.07, 6.45) is -3.68. The summed E-state index contributed by atoms with van der Waals surface area (Å²) in [6.45, 7) is 0.899. The molecule has 1 amide bonds. The first-order chi connectivity index (χ1) is 16.1. The number of nitrogens with one attached hydrogen (secondary N) is 1. The number of hydrogen-bond donors (Lipinski definition) is 1. The van der Waals surface area contributed by atoms with E-state index in [4.69, 9.17) is 16.3 Å². The van der Waals surface area contributed by atoms with Crippen LogP contribution in [-0.2, 0) is 17.5 Å². The molecule has 0 atom stereocenters. The number of halogens is 5. The average molecular weight is 688 g/mol. The van der Waals surface area contributed by atoms with Crippen LogP contribution < -0.4 is 10.3 Å². The maximum absolute atomic E-state index is 14.8. The summed E-state index contributed by atoms with van der Waals surface area (Å²) in [5, 5.41) is 8.29. The first-order valence-electron chi connectivity index (χ1n) is 9.82. The Morgan fingerprint density at radius 1 is 1.26 bits per heavy atom. The van der Waals surface area contributed by atoms with Gasteiger partial charge in [0.2, 0.25) is 0 Å². The van der Waals surface area contributed by atoms with E-state index in [1.165, 1.54) is 42.6 Å². The van der Waals surface area contributed by atoms with Crippen LogP contribution in [0.5, 0.6) is 0 Å². The number of benzene rings is 1. The van der Waals surface area contributed by atoms with Crippen LogP contribution in [0.15, 0.2) is 41.6 Å². The van der Waals surface area contributed by atoms with Crippen molar-refractivity contribution in [2.75, 3.05) is 25.2 Å². The van der Waals surface area contributed by atoms with Gasteiger partial charge in [0.15, 0.2) is 5.69 Å². The van der Waals surface area contributed by atoms with E-state index >= 15 is 0 Å². The fourth-order valence-electron chi connectivity index (χ4n) is 3.41. The number of amides is 1. The zero-order valence-electron chi connectivity index (χ0n) is 17.6. The second-order valence-electron chi connectivity index (χ2n) is 7.25. The molecule has 1 aliphatic rings. The molecule has 1 N–H and O–H groups in total. The van der Waals surface area contributed by atoms with Crippen molar-refractivity contribution in [1.82, 2.24) is 17.4 Å². The molecule has 0 aliphatic carbocycles. The van der Waals surface area contributed by atoms with Gasteiger partial charge in [0.25, 0.3) is 0 Å². The predicted octanol–water partition coefficient (Wildman–Crippen LogP) is 3.20. The Labute approximate surface area is 212 Å². The molecule has 0 unspecified atom stereocenters. The van der Waals surface area contributed by atoms with Gasteiger partial charge in [0.05, 0.1) is 5.02 Å². The standard InChI is InChI=1S/C20H17ClF4N6O2.Tl/c1-33-19-26-6-7-31(29-19)14-4-2-11(8-13(14)22)9-27-18(32)16-17(20(23,24)25)28-15-5-3-12(21)10-30(15)16;/h2-5,8,10H,6-7,9H2,1H3,(H2,26,27,29,32);/q;+1/p-1. The zero-order chi connectivity index (χ0) is 24.6. The Balaban J connectivity index is 1.55. The third-order valence-electron chi connectivity index (χ3n) is 5.00. The Hall–Kier alpha value is -2.62. The van der Waals surface area contributed by atoms with Gasteiger partial charge in [0.1, 0.15) is 5.65 Å². The van der Waals surface area contributed by atoms with E-state index in [2.05, 4.69) is 15.4 Å². The minimum atomic E-state index is -4.86. The third-order valence-corrected chi connectivity index (χ3v) is 7.08. The van der Waals surface area contributed by atoms with E-state index in [9.17, 15) is 22.4 Å². The molecule has 4 rings (SSSR count). The van der Waals surface area contributed by atoms with E-state index in [1.807, 2.05) is 2.71 Å². The second-order valence-corrected chi connectivity index (χ2v) is 10.1. The molecular weight excluding hydrogens is 672 g/mol. The van der Waals surface area contributed by atoms with Crippen LogP contribution in [0, 0.1) is 5.82 Å². The number of pyridine rings is 1. The number of hydrazone groups is 1. The molecule has 0 fully saturated rings. The molecule has 176 valence electrons. The molecule has 0 saturated carbocycles. The number of carbonyl (C=O) groups is 1. The number of hydrogen-bond acceptors (Lipinski definition) is 6. The van der Waals surface area contributed by atoms with Gasteiger partial charge in [-0.3, -0.25) is 4.40 Å². The van der Waals surface area contributed by atoms with E-state index in [-0.39, 0.29) is 22.9 Å². The number of amidine groups is 1. The van der Waals surface area contributed by atoms with Gasteiger partial charge in [-0.2, -0.15) is 13.2 Å². The normalized spacial score (nSPS) is 14.3. The van der Waals surface area contributed by atoms with Gasteiger partial charge in [0, 0.05) is 6.20 Å². The van der Waals surface area contributed by atoms with E-state index in [0.29, 0.717) is 50.7 Å². The number of alkyl halides is 3. The van der Waals surface area contributed by atoms with Crippen LogP contribution in [0.3, 0.4) is 0 Å². The van der Waals surface area contributed by atoms with Crippen LogP contribution in [0.25, 0.3) is 5.65 Å². The van der Waals surface area contributed by atoms with Crippen LogP contribution in [0.1, 0.15) is 21.7 Å². The molecule has 0 radical (unpaired) electrons. The molecule has 1 aromatic carbocycles. The number of anilines is 1. The van der Waals surface area contributed by atoms with Crippen LogP contribution >= 0.6 is 11.6 Å². The predicted molar refractivity (Wildman–Crippen MR) is 117 cm³/mol. The van der Waals surface area contributed by atoms with Gasteiger partial charge < -0.3 is 0 Å². The van der Waals surface area contributed by atoms with Crippen molar-refractivity contribution in [2.24, 2.45) is 5.10 Å². The molecule has 1 aliphatic heterocycles. The molecular formula is C20H16ClF4N6O2Tl. The summed E-state index contributed by atoms with van der Waals surface area (Å²) in [5.41, 5.74) is -1.54. The monoisotopic (exact) mass is 688 g/mol. The van der Waals surface area contributed by atoms with E-state index < -0.39 is 29.3 Å². The zero-order valence-corrected chi connectivity index (χ0v) is 22.8. The number of carbonyl (C=O) groups excluding carboxylic acids is 1. The molecule has 0 spiro atoms. The SMILES string of the molecule is COC1=NN(c2ccc(CNC(=O)c3c(C(F)(F)F)nc4ccc(Cl)cn34)cc2F)CC[N]1[Tl]. The maximum atomic E-state index is 14.8. The molecule has 0 bridgehead atoms. The molecule has 2 aromatic heterocycles. The summed E-state index contributed by atoms with van der Waals surface area (Å²) < 4.78 is 63.4. The average Bonchev–Trinajstić information content (AvgIpc) is 3.17. The van der Waals surface area contributed by atoms with Crippen molar-refractivity contribution in [2.45, 2.75) is 12.7 Å². The number of methoxy groups -OCH3 is 1. The third kappa shape index (κ3) is 4.92. The van der Waals surface area contributed by atoms with Gasteiger partial charge in [-0.1, -0.05) is 11.6 Å². The van der Waals surface area contributed by atoms with Crippen LogP contribution in [0.4, 0.5) is 23.2 Å². The molecule has 0 saturated heterocycles. The van der Waals surface area contributed by atoms with E-state index in [1.54, 1.807) is 6.07 Å². The fourth-order valence-corrected chi connectivity index (χ4v) is 4.63. The first-order valence-corrected chi connectivity index (χ1v) is 12.2. The van der Waals surface area contributed by atoms with Gasteiger partial charge in [-0.15, -0.1) is 0 Å². The molecule has 3 aromatic rings. The van der Waals surface area contributed by atoms with Crippen molar-refractivity contribution >= 4 is 60.9 Å². The first kappa shape index (κ1) is 24.5. The molecule has 3 heterocycles. The number of nitrogens with zero attached hydrogens (tertiary/aromatic N) is 5. The Bertz CT molecular complexity index is 1280. The van der Waals surface area contributed by atoms with Crippen LogP contribution in [0.2, 0.25) is 5.02 Å². The van der Waals surface area contributed by atoms with Gasteiger partial charge >= 0.3 is 144 Å². The van der Waals surface area contributed by atoms with Crippen molar-refractivity contribution in [3.05, 3.63) is 64.3 Å². The fraction of sp³-hybridized carbons (Fsp3) is 0.250. The number of ether oxygens (including phenoxy) is 1. The second kappa shape index (κ2) is 9.56. The van der Waals surface area contributed by atoms with Crippen molar-refractivity contribution < 1.29 is 27.1 Å². The summed E-state index contributed by atoms with van der Waals surface area (Å²) in [7, 11) is 1.49. The Morgan fingerprint density at radius 3 is 2.71 bits per heavy atom. The van der Waals surface area contributed by atoms with Crippen molar-refractivity contribution in [3.8, 4) is 0 Å². The minimum absolute atomic E-state index is 0.0800. The number of aromatic nitrogens is 2. The summed E-state index contributed by atoms with van der Waals surface area (Å²) in [6, 6.07) is 7.31. The number of imidazole rings is 1. The molecule has 34 heavy (non-hydrogen) atoms. The summed E-state index contributed by atoms with van der Waals surface area (Å²) in [5.74, 6) is -1.61. The summed E-state index contributed by atoms with van der Waals surface area (Å²) >= 11 is 6.38. The number of fused-ring (bicyclic) bond motifs is 1. The summed E-state index contributed by atoms with van der Waals surface area (Å²) in [4.78, 5) is 16.2. The quantitative estimate of drug-likeness (QED) is 0.337. The Morgan fingerprint density at radius 2 is 2.03 bits per heavy atom.